The first kappa shape index (κ1) is 18.6. The third-order valence-corrected chi connectivity index (χ3v) is 6.40. The summed E-state index contributed by atoms with van der Waals surface area (Å²) >= 11 is 1.51. The molecule has 0 spiro atoms. The predicted octanol–water partition coefficient (Wildman–Crippen LogP) is 3.74. The number of benzene rings is 1. The minimum atomic E-state index is -0.374. The Morgan fingerprint density at radius 1 is 1.25 bits per heavy atom. The van der Waals surface area contributed by atoms with Crippen LogP contribution in [-0.2, 0) is 28.9 Å². The van der Waals surface area contributed by atoms with Gasteiger partial charge in [0, 0.05) is 16.3 Å². The third-order valence-electron chi connectivity index (χ3n) is 5.23. The number of esters is 1. The number of methoxy groups -OCH3 is 1. The number of aromatic nitrogens is 1. The molecular formula is C22H23N2O3S+. The summed E-state index contributed by atoms with van der Waals surface area (Å²) < 4.78 is 6.84. The van der Waals surface area contributed by atoms with Crippen LogP contribution in [0, 0.1) is 5.92 Å². The minimum absolute atomic E-state index is 0.155. The number of nitrogens with zero attached hydrogens (tertiary/aromatic N) is 1. The molecule has 0 aliphatic heterocycles. The Morgan fingerprint density at radius 3 is 2.82 bits per heavy atom. The second-order valence-corrected chi connectivity index (χ2v) is 8.45. The number of nitrogens with one attached hydrogen (secondary N) is 1. The zero-order chi connectivity index (χ0) is 19.7. The van der Waals surface area contributed by atoms with E-state index in [1.807, 2.05) is 47.3 Å². The number of rotatable bonds is 4. The summed E-state index contributed by atoms with van der Waals surface area (Å²) in [6, 6.07) is 10.0. The Morgan fingerprint density at radius 2 is 2.04 bits per heavy atom. The van der Waals surface area contributed by atoms with Crippen LogP contribution in [0.15, 0.2) is 42.7 Å². The highest BCUT2D eigenvalue weighted by atomic mass is 32.1. The lowest BCUT2D eigenvalue weighted by Gasteiger charge is -2.18. The second-order valence-electron chi connectivity index (χ2n) is 7.34. The van der Waals surface area contributed by atoms with Gasteiger partial charge in [-0.2, -0.15) is 4.57 Å². The Balaban J connectivity index is 1.57. The molecule has 4 rings (SSSR count). The molecule has 3 aromatic rings. The monoisotopic (exact) mass is 395 g/mol. The van der Waals surface area contributed by atoms with Gasteiger partial charge in [-0.15, -0.1) is 11.3 Å². The summed E-state index contributed by atoms with van der Waals surface area (Å²) in [6.07, 6.45) is 6.70. The van der Waals surface area contributed by atoms with Gasteiger partial charge < -0.3 is 10.1 Å². The van der Waals surface area contributed by atoms with Gasteiger partial charge in [0.25, 0.3) is 5.91 Å². The van der Waals surface area contributed by atoms with E-state index in [1.165, 1.54) is 23.3 Å². The number of carbonyl (C=O) groups excluding carboxylic acids is 2. The summed E-state index contributed by atoms with van der Waals surface area (Å²) in [6.45, 7) is 2.40. The van der Waals surface area contributed by atoms with Gasteiger partial charge in [-0.3, -0.25) is 4.79 Å². The number of ether oxygens (including phenoxy) is 1. The van der Waals surface area contributed by atoms with E-state index in [0.29, 0.717) is 16.5 Å². The standard InChI is InChI=1S/C22H22N2O3S/c1-14-7-8-17-18(11-14)28-21(20(17)22(26)27-2)23-19(25)13-24-10-9-15-5-3-4-6-16(15)12-24/h3-6,9-10,12,14H,7-8,11,13H2,1-2H3/p+1/t14-/m1/s1. The summed E-state index contributed by atoms with van der Waals surface area (Å²) in [5.74, 6) is 0.0612. The van der Waals surface area contributed by atoms with Crippen molar-refractivity contribution in [3.8, 4) is 0 Å². The molecule has 1 N–H and O–H groups in total. The maximum atomic E-state index is 12.7. The van der Waals surface area contributed by atoms with E-state index >= 15 is 0 Å². The molecule has 5 nitrogen and oxygen atoms in total. The Labute approximate surface area is 168 Å². The topological polar surface area (TPSA) is 59.3 Å². The van der Waals surface area contributed by atoms with E-state index in [0.717, 1.165) is 35.6 Å². The Bertz CT molecular complexity index is 1060. The molecule has 1 aromatic carbocycles. The third kappa shape index (κ3) is 3.64. The molecule has 0 radical (unpaired) electrons. The van der Waals surface area contributed by atoms with E-state index < -0.39 is 0 Å². The second kappa shape index (κ2) is 7.72. The average Bonchev–Trinajstić information content (AvgIpc) is 3.03. The fraction of sp³-hybridized carbons (Fsp3) is 0.318. The van der Waals surface area contributed by atoms with Crippen molar-refractivity contribution in [1.82, 2.24) is 0 Å². The van der Waals surface area contributed by atoms with Gasteiger partial charge in [-0.05, 0) is 42.2 Å². The maximum Gasteiger partial charge on any atom is 0.341 e. The lowest BCUT2D eigenvalue weighted by Crippen LogP contribution is -2.39. The number of anilines is 1. The molecule has 1 atom stereocenters. The summed E-state index contributed by atoms with van der Waals surface area (Å²) in [5, 5.41) is 5.77. The average molecular weight is 396 g/mol. The quantitative estimate of drug-likeness (QED) is 0.541. The molecule has 28 heavy (non-hydrogen) atoms. The van der Waals surface area contributed by atoms with Gasteiger partial charge in [0.1, 0.15) is 5.00 Å². The highest BCUT2D eigenvalue weighted by molar-refractivity contribution is 7.17. The van der Waals surface area contributed by atoms with Crippen molar-refractivity contribution in [3.05, 3.63) is 58.7 Å². The molecule has 0 fully saturated rings. The summed E-state index contributed by atoms with van der Waals surface area (Å²) in [4.78, 5) is 26.2. The first-order valence-electron chi connectivity index (χ1n) is 9.45. The Hall–Kier alpha value is -2.73. The molecule has 1 aliphatic rings. The van der Waals surface area contributed by atoms with Gasteiger partial charge in [0.05, 0.1) is 12.7 Å². The molecular weight excluding hydrogens is 372 g/mol. The van der Waals surface area contributed by atoms with Crippen LogP contribution >= 0.6 is 11.3 Å². The number of carbonyl (C=O) groups is 2. The molecule has 0 saturated heterocycles. The van der Waals surface area contributed by atoms with Gasteiger partial charge in [0.15, 0.2) is 12.4 Å². The summed E-state index contributed by atoms with van der Waals surface area (Å²) in [7, 11) is 1.38. The number of fused-ring (bicyclic) bond motifs is 2. The lowest BCUT2D eigenvalue weighted by atomic mass is 9.88. The molecule has 2 aromatic heterocycles. The fourth-order valence-corrected chi connectivity index (χ4v) is 5.18. The van der Waals surface area contributed by atoms with Crippen LogP contribution in [0.5, 0.6) is 0 Å². The zero-order valence-corrected chi connectivity index (χ0v) is 16.8. The van der Waals surface area contributed by atoms with Crippen LogP contribution in [-0.4, -0.2) is 19.0 Å². The van der Waals surface area contributed by atoms with E-state index in [-0.39, 0.29) is 18.4 Å². The zero-order valence-electron chi connectivity index (χ0n) is 16.0. The van der Waals surface area contributed by atoms with Crippen LogP contribution in [0.3, 0.4) is 0 Å². The van der Waals surface area contributed by atoms with Gasteiger partial charge >= 0.3 is 5.97 Å². The van der Waals surface area contributed by atoms with E-state index in [1.54, 1.807) is 0 Å². The summed E-state index contributed by atoms with van der Waals surface area (Å²) in [5.41, 5.74) is 1.58. The number of pyridine rings is 1. The highest BCUT2D eigenvalue weighted by Gasteiger charge is 2.29. The van der Waals surface area contributed by atoms with Crippen molar-refractivity contribution in [2.75, 3.05) is 12.4 Å². The molecule has 6 heteroatoms. The predicted molar refractivity (Wildman–Crippen MR) is 110 cm³/mol. The van der Waals surface area contributed by atoms with E-state index in [4.69, 9.17) is 4.74 Å². The largest absolute Gasteiger partial charge is 0.465 e. The molecule has 0 saturated carbocycles. The number of hydrogen-bond donors (Lipinski definition) is 1. The van der Waals surface area contributed by atoms with Crippen LogP contribution in [0.2, 0.25) is 0 Å². The number of amides is 1. The van der Waals surface area contributed by atoms with Crippen molar-refractivity contribution >= 4 is 39.0 Å². The smallest absolute Gasteiger partial charge is 0.341 e. The number of hydrogen-bond acceptors (Lipinski definition) is 4. The molecule has 1 amide bonds. The van der Waals surface area contributed by atoms with Crippen LogP contribution in [0.1, 0.15) is 34.1 Å². The van der Waals surface area contributed by atoms with Crippen molar-refractivity contribution < 1.29 is 18.9 Å². The maximum absolute atomic E-state index is 12.7. The number of thiophene rings is 1. The first-order chi connectivity index (χ1) is 13.5. The first-order valence-corrected chi connectivity index (χ1v) is 10.3. The normalized spacial score (nSPS) is 15.9. The van der Waals surface area contributed by atoms with Crippen molar-refractivity contribution in [2.24, 2.45) is 5.92 Å². The fourth-order valence-electron chi connectivity index (χ4n) is 3.77. The van der Waals surface area contributed by atoms with Crippen LogP contribution in [0.4, 0.5) is 5.00 Å². The SMILES string of the molecule is COC(=O)c1c(NC(=O)C[n+]2ccc3ccccc3c2)sc2c1CC[C@@H](C)C2. The van der Waals surface area contributed by atoms with E-state index in [9.17, 15) is 9.59 Å². The minimum Gasteiger partial charge on any atom is -0.465 e. The Kier molecular flexibility index (Phi) is 5.13. The van der Waals surface area contributed by atoms with Crippen molar-refractivity contribution in [3.63, 3.8) is 0 Å². The molecule has 2 heterocycles. The molecule has 144 valence electrons. The molecule has 1 aliphatic carbocycles. The van der Waals surface area contributed by atoms with E-state index in [2.05, 4.69) is 12.2 Å². The lowest BCUT2D eigenvalue weighted by molar-refractivity contribution is -0.682. The van der Waals surface area contributed by atoms with Gasteiger partial charge in [-0.1, -0.05) is 25.1 Å². The van der Waals surface area contributed by atoms with Crippen molar-refractivity contribution in [1.29, 1.82) is 0 Å². The van der Waals surface area contributed by atoms with Gasteiger partial charge in [-0.25, -0.2) is 4.79 Å². The molecule has 0 unspecified atom stereocenters. The highest BCUT2D eigenvalue weighted by Crippen LogP contribution is 2.40. The van der Waals surface area contributed by atoms with Crippen LogP contribution < -0.4 is 9.88 Å². The van der Waals surface area contributed by atoms with Gasteiger partial charge in [0.2, 0.25) is 6.54 Å². The van der Waals surface area contributed by atoms with Crippen molar-refractivity contribution in [2.45, 2.75) is 32.7 Å². The molecule has 0 bridgehead atoms. The van der Waals surface area contributed by atoms with Crippen LogP contribution in [0.25, 0.3) is 10.8 Å².